The number of ether oxygens (including phenoxy) is 1. The number of nitrogens with two attached hydrogens (primary N) is 1. The van der Waals surface area contributed by atoms with Gasteiger partial charge in [-0.1, -0.05) is 6.07 Å². The average Bonchev–Trinajstić information content (AvgIpc) is 2.21. The maximum atomic E-state index is 13.2. The van der Waals surface area contributed by atoms with Crippen LogP contribution in [0.15, 0.2) is 18.2 Å². The van der Waals surface area contributed by atoms with E-state index < -0.39 is 11.6 Å². The maximum Gasteiger partial charge on any atom is 0.129 e. The van der Waals surface area contributed by atoms with E-state index in [-0.39, 0.29) is 18.0 Å². The van der Waals surface area contributed by atoms with Gasteiger partial charge >= 0.3 is 0 Å². The number of hydrogen-bond acceptors (Lipinski definition) is 2. The van der Waals surface area contributed by atoms with Crippen molar-refractivity contribution in [2.75, 3.05) is 13.2 Å². The minimum Gasteiger partial charge on any atom is -0.380 e. The predicted molar refractivity (Wildman–Crippen MR) is 54.5 cm³/mol. The molecule has 2 nitrogen and oxygen atoms in total. The topological polar surface area (TPSA) is 35.2 Å². The molecule has 0 aliphatic carbocycles. The van der Waals surface area contributed by atoms with Gasteiger partial charge in [0, 0.05) is 18.2 Å². The van der Waals surface area contributed by atoms with Crippen molar-refractivity contribution >= 4 is 0 Å². The SMILES string of the molecule is CCOCC(N)Cc1c(F)cccc1F. The van der Waals surface area contributed by atoms with E-state index in [4.69, 9.17) is 10.5 Å². The van der Waals surface area contributed by atoms with E-state index in [1.807, 2.05) is 6.92 Å². The third-order valence-corrected chi connectivity index (χ3v) is 2.06. The minimum atomic E-state index is -0.554. The van der Waals surface area contributed by atoms with Gasteiger partial charge in [-0.2, -0.15) is 0 Å². The maximum absolute atomic E-state index is 13.2. The molecule has 0 fully saturated rings. The molecule has 4 heteroatoms. The lowest BCUT2D eigenvalue weighted by atomic mass is 10.1. The summed E-state index contributed by atoms with van der Waals surface area (Å²) < 4.78 is 31.5. The third kappa shape index (κ3) is 3.57. The first kappa shape index (κ1) is 12.1. The Labute approximate surface area is 88.0 Å². The standard InChI is InChI=1S/C11H15F2NO/c1-2-15-7-8(14)6-9-10(12)4-3-5-11(9)13/h3-5,8H,2,6-7,14H2,1H3. The fourth-order valence-corrected chi connectivity index (χ4v) is 1.32. The highest BCUT2D eigenvalue weighted by Gasteiger charge is 2.12. The summed E-state index contributed by atoms with van der Waals surface area (Å²) in [7, 11) is 0. The molecular weight excluding hydrogens is 200 g/mol. The van der Waals surface area contributed by atoms with Crippen LogP contribution in [0.2, 0.25) is 0 Å². The van der Waals surface area contributed by atoms with Crippen molar-refractivity contribution < 1.29 is 13.5 Å². The first-order valence-electron chi connectivity index (χ1n) is 4.91. The zero-order chi connectivity index (χ0) is 11.3. The summed E-state index contributed by atoms with van der Waals surface area (Å²) in [5.74, 6) is -1.11. The van der Waals surface area contributed by atoms with Crippen LogP contribution in [0.4, 0.5) is 8.78 Å². The fraction of sp³-hybridized carbons (Fsp3) is 0.455. The third-order valence-electron chi connectivity index (χ3n) is 2.06. The van der Waals surface area contributed by atoms with Crippen LogP contribution in [-0.2, 0) is 11.2 Å². The van der Waals surface area contributed by atoms with Crippen LogP contribution >= 0.6 is 0 Å². The second kappa shape index (κ2) is 5.78. The van der Waals surface area contributed by atoms with Crippen LogP contribution < -0.4 is 5.73 Å². The number of halogens is 2. The van der Waals surface area contributed by atoms with Crippen LogP contribution in [-0.4, -0.2) is 19.3 Å². The molecule has 0 aliphatic heterocycles. The van der Waals surface area contributed by atoms with Gasteiger partial charge in [0.1, 0.15) is 11.6 Å². The van der Waals surface area contributed by atoms with Gasteiger partial charge in [-0.3, -0.25) is 0 Å². The minimum absolute atomic E-state index is 0.0321. The van der Waals surface area contributed by atoms with Crippen molar-refractivity contribution in [1.29, 1.82) is 0 Å². The van der Waals surface area contributed by atoms with Gasteiger partial charge in [0.15, 0.2) is 0 Å². The summed E-state index contributed by atoms with van der Waals surface area (Å²) in [5, 5.41) is 0. The first-order chi connectivity index (χ1) is 7.15. The van der Waals surface area contributed by atoms with E-state index in [2.05, 4.69) is 0 Å². The summed E-state index contributed by atoms with van der Waals surface area (Å²) in [6, 6.07) is 3.41. The Balaban J connectivity index is 2.63. The molecule has 1 unspecified atom stereocenters. The summed E-state index contributed by atoms with van der Waals surface area (Å²) in [4.78, 5) is 0. The largest absolute Gasteiger partial charge is 0.380 e. The molecule has 0 heterocycles. The van der Waals surface area contributed by atoms with Crippen LogP contribution in [0.25, 0.3) is 0 Å². The Morgan fingerprint density at radius 3 is 2.47 bits per heavy atom. The molecule has 0 aliphatic rings. The van der Waals surface area contributed by atoms with Crippen LogP contribution in [0.1, 0.15) is 12.5 Å². The molecule has 0 saturated carbocycles. The highest BCUT2D eigenvalue weighted by Crippen LogP contribution is 2.13. The van der Waals surface area contributed by atoms with Crippen molar-refractivity contribution in [2.24, 2.45) is 5.73 Å². The summed E-state index contributed by atoms with van der Waals surface area (Å²) in [6.07, 6.45) is 0.151. The quantitative estimate of drug-likeness (QED) is 0.813. The van der Waals surface area contributed by atoms with Crippen molar-refractivity contribution in [1.82, 2.24) is 0 Å². The first-order valence-corrected chi connectivity index (χ1v) is 4.91. The lowest BCUT2D eigenvalue weighted by Crippen LogP contribution is -2.29. The highest BCUT2D eigenvalue weighted by molar-refractivity contribution is 5.20. The highest BCUT2D eigenvalue weighted by atomic mass is 19.1. The molecular formula is C11H15F2NO. The lowest BCUT2D eigenvalue weighted by molar-refractivity contribution is 0.132. The zero-order valence-corrected chi connectivity index (χ0v) is 8.67. The molecule has 1 atom stereocenters. The molecule has 0 saturated heterocycles. The normalized spacial score (nSPS) is 12.8. The molecule has 1 aromatic carbocycles. The van der Waals surface area contributed by atoms with Gasteiger partial charge in [-0.15, -0.1) is 0 Å². The van der Waals surface area contributed by atoms with Crippen molar-refractivity contribution in [3.8, 4) is 0 Å². The Morgan fingerprint density at radius 1 is 1.33 bits per heavy atom. The Hall–Kier alpha value is -1.00. The summed E-state index contributed by atoms with van der Waals surface area (Å²) in [6.45, 7) is 2.70. The van der Waals surface area contributed by atoms with Gasteiger partial charge in [0.05, 0.1) is 6.61 Å². The monoisotopic (exact) mass is 215 g/mol. The molecule has 2 N–H and O–H groups in total. The second-order valence-electron chi connectivity index (χ2n) is 3.32. The number of rotatable bonds is 5. The number of hydrogen-bond donors (Lipinski definition) is 1. The molecule has 0 bridgehead atoms. The van der Waals surface area contributed by atoms with Gasteiger partial charge in [0.25, 0.3) is 0 Å². The Bertz CT molecular complexity index is 297. The molecule has 0 aromatic heterocycles. The van der Waals surface area contributed by atoms with E-state index in [9.17, 15) is 8.78 Å². The van der Waals surface area contributed by atoms with Gasteiger partial charge in [-0.25, -0.2) is 8.78 Å². The van der Waals surface area contributed by atoms with E-state index in [1.165, 1.54) is 18.2 Å². The van der Waals surface area contributed by atoms with E-state index in [1.54, 1.807) is 0 Å². The van der Waals surface area contributed by atoms with E-state index in [0.29, 0.717) is 13.2 Å². The van der Waals surface area contributed by atoms with E-state index in [0.717, 1.165) is 0 Å². The average molecular weight is 215 g/mol. The molecule has 0 radical (unpaired) electrons. The molecule has 0 spiro atoms. The molecule has 0 amide bonds. The second-order valence-corrected chi connectivity index (χ2v) is 3.32. The smallest absolute Gasteiger partial charge is 0.129 e. The van der Waals surface area contributed by atoms with Crippen molar-refractivity contribution in [2.45, 2.75) is 19.4 Å². The molecule has 1 aromatic rings. The zero-order valence-electron chi connectivity index (χ0n) is 8.67. The fourth-order valence-electron chi connectivity index (χ4n) is 1.32. The molecule has 84 valence electrons. The predicted octanol–water partition coefficient (Wildman–Crippen LogP) is 1.87. The molecule has 15 heavy (non-hydrogen) atoms. The van der Waals surface area contributed by atoms with Crippen molar-refractivity contribution in [3.63, 3.8) is 0 Å². The van der Waals surface area contributed by atoms with E-state index >= 15 is 0 Å². The lowest BCUT2D eigenvalue weighted by Gasteiger charge is -2.12. The van der Waals surface area contributed by atoms with Crippen LogP contribution in [0.5, 0.6) is 0 Å². The summed E-state index contributed by atoms with van der Waals surface area (Å²) in [5.41, 5.74) is 5.70. The van der Waals surface area contributed by atoms with Gasteiger partial charge in [0.2, 0.25) is 0 Å². The van der Waals surface area contributed by atoms with Crippen LogP contribution in [0, 0.1) is 11.6 Å². The van der Waals surface area contributed by atoms with Gasteiger partial charge < -0.3 is 10.5 Å². The van der Waals surface area contributed by atoms with Crippen molar-refractivity contribution in [3.05, 3.63) is 35.4 Å². The summed E-state index contributed by atoms with van der Waals surface area (Å²) >= 11 is 0. The Kier molecular flexibility index (Phi) is 4.65. The number of benzene rings is 1. The van der Waals surface area contributed by atoms with Gasteiger partial charge in [-0.05, 0) is 25.5 Å². The Morgan fingerprint density at radius 2 is 1.93 bits per heavy atom. The molecule has 1 rings (SSSR count). The van der Waals surface area contributed by atoms with Crippen LogP contribution in [0.3, 0.4) is 0 Å².